The average Bonchev–Trinajstić information content (AvgIpc) is 2.67. The summed E-state index contributed by atoms with van der Waals surface area (Å²) in [5.74, 6) is 4.94. The van der Waals surface area contributed by atoms with Crippen LogP contribution < -0.4 is 0 Å². The molecule has 0 aromatic carbocycles. The monoisotopic (exact) mass is 287 g/mol. The molecule has 1 aromatic rings. The molecule has 0 unspecified atom stereocenters. The third kappa shape index (κ3) is 3.80. The normalized spacial score (nSPS) is 15.2. The molecule has 1 N–H and O–H groups in total. The van der Waals surface area contributed by atoms with E-state index in [0.717, 1.165) is 6.42 Å². The van der Waals surface area contributed by atoms with Crippen LogP contribution in [0.15, 0.2) is 18.5 Å². The Balaban J connectivity index is 2.17. The lowest BCUT2D eigenvalue weighted by molar-refractivity contribution is -0.129. The molecule has 1 aromatic heterocycles. The Morgan fingerprint density at radius 3 is 3.00 bits per heavy atom. The number of carbonyl (C=O) groups excluding carboxylic acids is 2. The second-order valence-electron chi connectivity index (χ2n) is 4.82. The Morgan fingerprint density at radius 1 is 1.43 bits per heavy atom. The van der Waals surface area contributed by atoms with Crippen molar-refractivity contribution in [1.82, 2.24) is 14.8 Å². The van der Waals surface area contributed by atoms with Gasteiger partial charge in [-0.05, 0) is 12.5 Å². The summed E-state index contributed by atoms with van der Waals surface area (Å²) in [7, 11) is 1.74. The van der Waals surface area contributed by atoms with Gasteiger partial charge in [0.2, 0.25) is 5.91 Å². The molecule has 1 aliphatic rings. The molecule has 0 atom stereocenters. The first-order chi connectivity index (χ1) is 10.1. The number of amides is 2. The molecule has 6 heteroatoms. The maximum Gasteiger partial charge on any atom is 0.255 e. The van der Waals surface area contributed by atoms with Crippen LogP contribution in [0.3, 0.4) is 0 Å². The van der Waals surface area contributed by atoms with E-state index in [9.17, 15) is 9.59 Å². The van der Waals surface area contributed by atoms with Crippen LogP contribution in [0.2, 0.25) is 0 Å². The zero-order valence-electron chi connectivity index (χ0n) is 11.9. The molecule has 2 amide bonds. The fourth-order valence-electron chi connectivity index (χ4n) is 2.11. The van der Waals surface area contributed by atoms with Crippen molar-refractivity contribution in [2.24, 2.45) is 0 Å². The highest BCUT2D eigenvalue weighted by Gasteiger charge is 2.23. The summed E-state index contributed by atoms with van der Waals surface area (Å²) < 4.78 is 0. The quantitative estimate of drug-likeness (QED) is 0.722. The SMILES string of the molecule is CN1CCCN(C(=O)c2cncc(C#CCO)c2)CC1=O. The van der Waals surface area contributed by atoms with Crippen LogP contribution >= 0.6 is 0 Å². The lowest BCUT2D eigenvalue weighted by atomic mass is 10.2. The fourth-order valence-corrected chi connectivity index (χ4v) is 2.11. The molecular formula is C15H17N3O3. The maximum absolute atomic E-state index is 12.4. The number of pyridine rings is 1. The van der Waals surface area contributed by atoms with Gasteiger partial charge in [-0.2, -0.15) is 0 Å². The molecule has 0 saturated carbocycles. The second kappa shape index (κ2) is 6.86. The van der Waals surface area contributed by atoms with Gasteiger partial charge in [-0.3, -0.25) is 14.6 Å². The smallest absolute Gasteiger partial charge is 0.255 e. The van der Waals surface area contributed by atoms with Crippen LogP contribution in [-0.2, 0) is 4.79 Å². The van der Waals surface area contributed by atoms with Crippen molar-refractivity contribution in [3.05, 3.63) is 29.6 Å². The van der Waals surface area contributed by atoms with E-state index >= 15 is 0 Å². The van der Waals surface area contributed by atoms with Gasteiger partial charge in [0, 0.05) is 38.1 Å². The Kier molecular flexibility index (Phi) is 4.90. The van der Waals surface area contributed by atoms with E-state index in [-0.39, 0.29) is 25.0 Å². The van der Waals surface area contributed by atoms with E-state index < -0.39 is 0 Å². The van der Waals surface area contributed by atoms with Crippen LogP contribution in [-0.4, -0.2) is 65.0 Å². The Morgan fingerprint density at radius 2 is 2.24 bits per heavy atom. The predicted octanol–water partition coefficient (Wildman–Crippen LogP) is -0.270. The highest BCUT2D eigenvalue weighted by Crippen LogP contribution is 2.10. The van der Waals surface area contributed by atoms with Crippen LogP contribution in [0.25, 0.3) is 0 Å². The second-order valence-corrected chi connectivity index (χ2v) is 4.82. The van der Waals surface area contributed by atoms with Crippen LogP contribution in [0.4, 0.5) is 0 Å². The number of aliphatic hydroxyl groups is 1. The molecule has 1 aliphatic heterocycles. The molecule has 0 bridgehead atoms. The van der Waals surface area contributed by atoms with Crippen LogP contribution in [0, 0.1) is 11.8 Å². The standard InChI is InChI=1S/C15H17N3O3/c1-17-5-3-6-18(11-14(17)20)15(21)13-8-12(4-2-7-19)9-16-10-13/h8-10,19H,3,5-7,11H2,1H3. The fraction of sp³-hybridized carbons (Fsp3) is 0.400. The molecule has 2 rings (SSSR count). The number of aromatic nitrogens is 1. The summed E-state index contributed by atoms with van der Waals surface area (Å²) in [6.45, 7) is 1.04. The van der Waals surface area contributed by atoms with Gasteiger partial charge < -0.3 is 14.9 Å². The van der Waals surface area contributed by atoms with E-state index in [1.54, 1.807) is 18.0 Å². The highest BCUT2D eigenvalue weighted by atomic mass is 16.2. The highest BCUT2D eigenvalue weighted by molar-refractivity contribution is 5.96. The molecular weight excluding hydrogens is 270 g/mol. The largest absolute Gasteiger partial charge is 0.384 e. The molecule has 1 fully saturated rings. The number of hydrogen-bond donors (Lipinski definition) is 1. The summed E-state index contributed by atoms with van der Waals surface area (Å²) in [6, 6.07) is 1.62. The van der Waals surface area contributed by atoms with Crippen molar-refractivity contribution in [2.75, 3.05) is 33.3 Å². The molecule has 0 radical (unpaired) electrons. The summed E-state index contributed by atoms with van der Waals surface area (Å²) in [5, 5.41) is 8.68. The Bertz CT molecular complexity index is 604. The van der Waals surface area contributed by atoms with Crippen molar-refractivity contribution in [1.29, 1.82) is 0 Å². The number of carbonyl (C=O) groups is 2. The van der Waals surface area contributed by atoms with Crippen molar-refractivity contribution < 1.29 is 14.7 Å². The summed E-state index contributed by atoms with van der Waals surface area (Å²) in [6.07, 6.45) is 3.75. The summed E-state index contributed by atoms with van der Waals surface area (Å²) in [5.41, 5.74) is 0.963. The van der Waals surface area contributed by atoms with Crippen molar-refractivity contribution in [3.8, 4) is 11.8 Å². The van der Waals surface area contributed by atoms with Gasteiger partial charge in [0.25, 0.3) is 5.91 Å². The molecule has 0 aliphatic carbocycles. The zero-order valence-corrected chi connectivity index (χ0v) is 11.9. The maximum atomic E-state index is 12.4. The average molecular weight is 287 g/mol. The lowest BCUT2D eigenvalue weighted by Gasteiger charge is -2.19. The Hall–Kier alpha value is -2.39. The van der Waals surface area contributed by atoms with Gasteiger partial charge in [0.15, 0.2) is 0 Å². The van der Waals surface area contributed by atoms with Gasteiger partial charge in [0.1, 0.15) is 13.2 Å². The summed E-state index contributed by atoms with van der Waals surface area (Å²) in [4.78, 5) is 31.4. The van der Waals surface area contributed by atoms with Crippen LogP contribution in [0.5, 0.6) is 0 Å². The van der Waals surface area contributed by atoms with E-state index in [4.69, 9.17) is 5.11 Å². The number of likely N-dealkylation sites (N-methyl/N-ethyl adjacent to an activating group) is 1. The van der Waals surface area contributed by atoms with Gasteiger partial charge in [-0.25, -0.2) is 0 Å². The third-order valence-corrected chi connectivity index (χ3v) is 3.26. The molecule has 0 spiro atoms. The predicted molar refractivity (Wildman–Crippen MR) is 76.4 cm³/mol. The number of nitrogens with zero attached hydrogens (tertiary/aromatic N) is 3. The number of hydrogen-bond acceptors (Lipinski definition) is 4. The minimum Gasteiger partial charge on any atom is -0.384 e. The number of aliphatic hydroxyl groups excluding tert-OH is 1. The molecule has 110 valence electrons. The van der Waals surface area contributed by atoms with Crippen molar-refractivity contribution in [3.63, 3.8) is 0 Å². The topological polar surface area (TPSA) is 73.7 Å². The van der Waals surface area contributed by atoms with Crippen molar-refractivity contribution >= 4 is 11.8 Å². The first-order valence-corrected chi connectivity index (χ1v) is 6.70. The van der Waals surface area contributed by atoms with Gasteiger partial charge in [-0.15, -0.1) is 0 Å². The lowest BCUT2D eigenvalue weighted by Crippen LogP contribution is -2.38. The zero-order chi connectivity index (χ0) is 15.2. The molecule has 6 nitrogen and oxygen atoms in total. The minimum atomic E-state index is -0.245. The van der Waals surface area contributed by atoms with E-state index in [0.29, 0.717) is 24.2 Å². The van der Waals surface area contributed by atoms with E-state index in [1.165, 1.54) is 17.3 Å². The van der Waals surface area contributed by atoms with E-state index in [1.807, 2.05) is 0 Å². The van der Waals surface area contributed by atoms with Gasteiger partial charge >= 0.3 is 0 Å². The Labute approximate surface area is 123 Å². The first-order valence-electron chi connectivity index (χ1n) is 6.70. The van der Waals surface area contributed by atoms with Crippen LogP contribution in [0.1, 0.15) is 22.3 Å². The molecule has 2 heterocycles. The molecule has 21 heavy (non-hydrogen) atoms. The first kappa shape index (κ1) is 15.0. The van der Waals surface area contributed by atoms with Gasteiger partial charge in [-0.1, -0.05) is 11.8 Å². The van der Waals surface area contributed by atoms with Gasteiger partial charge in [0.05, 0.1) is 5.56 Å². The van der Waals surface area contributed by atoms with Crippen molar-refractivity contribution in [2.45, 2.75) is 6.42 Å². The van der Waals surface area contributed by atoms with E-state index in [2.05, 4.69) is 16.8 Å². The number of rotatable bonds is 1. The minimum absolute atomic E-state index is 0.0648. The molecule has 1 saturated heterocycles. The third-order valence-electron chi connectivity index (χ3n) is 3.26. The summed E-state index contributed by atoms with van der Waals surface area (Å²) >= 11 is 0.